The zero-order valence-electron chi connectivity index (χ0n) is 13.9. The molecule has 0 aliphatic rings. The second-order valence-corrected chi connectivity index (χ2v) is 7.23. The van der Waals surface area contributed by atoms with Crippen molar-refractivity contribution < 1.29 is 9.84 Å². The van der Waals surface area contributed by atoms with Crippen LogP contribution in [0.5, 0.6) is 11.5 Å². The molecule has 2 aromatic heterocycles. The maximum absolute atomic E-state index is 9.77. The number of nitrogens with zero attached hydrogens (tertiary/aromatic N) is 3. The molecule has 0 atom stereocenters. The van der Waals surface area contributed by atoms with Crippen LogP contribution in [0.3, 0.4) is 0 Å². The Balaban J connectivity index is 1.86. The molecule has 3 rings (SSSR count). The van der Waals surface area contributed by atoms with Gasteiger partial charge in [0.25, 0.3) is 0 Å². The first-order valence-electron chi connectivity index (χ1n) is 7.79. The fraction of sp³-hybridized carbons (Fsp3) is 0.222. The highest BCUT2D eigenvalue weighted by Gasteiger charge is 2.16. The zero-order chi connectivity index (χ0) is 17.8. The average molecular weight is 376 g/mol. The lowest BCUT2D eigenvalue weighted by atomic mass is 10.3. The number of hydrogen-bond acceptors (Lipinski definition) is 5. The summed E-state index contributed by atoms with van der Waals surface area (Å²) in [5.41, 5.74) is 0.968. The minimum absolute atomic E-state index is 0.139. The third kappa shape index (κ3) is 4.46. The number of halogens is 1. The summed E-state index contributed by atoms with van der Waals surface area (Å²) >= 11 is 7.55. The lowest BCUT2D eigenvalue weighted by molar-refractivity contribution is 0.301. The molecule has 7 heteroatoms. The number of pyridine rings is 1. The Hall–Kier alpha value is -2.18. The highest BCUT2D eigenvalue weighted by molar-refractivity contribution is 7.99. The molecule has 0 unspecified atom stereocenters. The molecule has 0 spiro atoms. The smallest absolute Gasteiger partial charge is 0.122 e. The zero-order valence-corrected chi connectivity index (χ0v) is 15.5. The lowest BCUT2D eigenvalue weighted by Crippen LogP contribution is -2.05. The number of benzene rings is 1. The standard InChI is InChI=1S/C18H18ClN3O2S/c1-12(2)22-18(25-17-8-14(19)7-15(23)9-17)13(10-21-22)11-24-16-3-5-20-6-4-16/h3-10,12,23H,11H2,1-2H3. The number of aromatic nitrogens is 3. The van der Waals surface area contributed by atoms with E-state index < -0.39 is 0 Å². The third-order valence-electron chi connectivity index (χ3n) is 3.42. The summed E-state index contributed by atoms with van der Waals surface area (Å²) in [5.74, 6) is 0.892. The van der Waals surface area contributed by atoms with E-state index in [1.54, 1.807) is 18.5 Å². The fourth-order valence-corrected chi connectivity index (χ4v) is 3.76. The van der Waals surface area contributed by atoms with Gasteiger partial charge in [-0.3, -0.25) is 9.67 Å². The first kappa shape index (κ1) is 17.6. The van der Waals surface area contributed by atoms with Gasteiger partial charge in [0.1, 0.15) is 23.1 Å². The summed E-state index contributed by atoms with van der Waals surface area (Å²) in [5, 5.41) is 15.7. The van der Waals surface area contributed by atoms with Crippen LogP contribution in [-0.2, 0) is 6.61 Å². The van der Waals surface area contributed by atoms with E-state index in [0.29, 0.717) is 11.6 Å². The van der Waals surface area contributed by atoms with Gasteiger partial charge in [0, 0.05) is 33.9 Å². The van der Waals surface area contributed by atoms with E-state index in [-0.39, 0.29) is 11.8 Å². The van der Waals surface area contributed by atoms with Gasteiger partial charge in [-0.15, -0.1) is 0 Å². The van der Waals surface area contributed by atoms with E-state index in [2.05, 4.69) is 23.9 Å². The van der Waals surface area contributed by atoms with Gasteiger partial charge in [0.05, 0.1) is 6.20 Å². The minimum atomic E-state index is 0.139. The van der Waals surface area contributed by atoms with Crippen molar-refractivity contribution in [3.05, 3.63) is 59.5 Å². The van der Waals surface area contributed by atoms with Crippen molar-refractivity contribution in [2.24, 2.45) is 0 Å². The third-order valence-corrected chi connectivity index (χ3v) is 4.76. The van der Waals surface area contributed by atoms with Gasteiger partial charge in [-0.25, -0.2) is 0 Å². The molecule has 0 aliphatic carbocycles. The van der Waals surface area contributed by atoms with Crippen LogP contribution >= 0.6 is 23.4 Å². The van der Waals surface area contributed by atoms with Crippen LogP contribution in [0.4, 0.5) is 0 Å². The van der Waals surface area contributed by atoms with Crippen LogP contribution in [0.25, 0.3) is 0 Å². The Morgan fingerprint density at radius 1 is 1.24 bits per heavy atom. The molecule has 0 radical (unpaired) electrons. The minimum Gasteiger partial charge on any atom is -0.508 e. The SMILES string of the molecule is CC(C)n1ncc(COc2ccncc2)c1Sc1cc(O)cc(Cl)c1. The molecule has 0 bridgehead atoms. The molecular weight excluding hydrogens is 358 g/mol. The highest BCUT2D eigenvalue weighted by Crippen LogP contribution is 2.36. The predicted molar refractivity (Wildman–Crippen MR) is 98.4 cm³/mol. The van der Waals surface area contributed by atoms with Crippen molar-refractivity contribution in [1.29, 1.82) is 0 Å². The Kier molecular flexibility index (Phi) is 5.50. The lowest BCUT2D eigenvalue weighted by Gasteiger charge is -2.13. The number of phenols is 1. The molecule has 0 saturated carbocycles. The van der Waals surface area contributed by atoms with Crippen molar-refractivity contribution in [3.63, 3.8) is 0 Å². The van der Waals surface area contributed by atoms with Crippen molar-refractivity contribution >= 4 is 23.4 Å². The number of hydrogen-bond donors (Lipinski definition) is 1. The van der Waals surface area contributed by atoms with Crippen molar-refractivity contribution in [2.75, 3.05) is 0 Å². The van der Waals surface area contributed by atoms with Crippen molar-refractivity contribution in [1.82, 2.24) is 14.8 Å². The Labute approximate surface area is 155 Å². The molecule has 25 heavy (non-hydrogen) atoms. The number of rotatable bonds is 6. The summed E-state index contributed by atoms with van der Waals surface area (Å²) in [7, 11) is 0. The summed E-state index contributed by atoms with van der Waals surface area (Å²) in [6.07, 6.45) is 5.20. The normalized spacial score (nSPS) is 11.0. The summed E-state index contributed by atoms with van der Waals surface area (Å²) in [6.45, 7) is 4.53. The van der Waals surface area contributed by atoms with Crippen molar-refractivity contribution in [3.8, 4) is 11.5 Å². The molecule has 0 amide bonds. The molecule has 1 N–H and O–H groups in total. The van der Waals surface area contributed by atoms with Gasteiger partial charge in [0.2, 0.25) is 0 Å². The predicted octanol–water partition coefficient (Wildman–Crippen LogP) is 4.95. The van der Waals surface area contributed by atoms with Gasteiger partial charge in [0.15, 0.2) is 0 Å². The molecule has 5 nitrogen and oxygen atoms in total. The van der Waals surface area contributed by atoms with Crippen LogP contribution in [0, 0.1) is 0 Å². The quantitative estimate of drug-likeness (QED) is 0.660. The van der Waals surface area contributed by atoms with Crippen LogP contribution in [0.2, 0.25) is 5.02 Å². The van der Waals surface area contributed by atoms with E-state index in [4.69, 9.17) is 16.3 Å². The molecule has 0 fully saturated rings. The largest absolute Gasteiger partial charge is 0.508 e. The van der Waals surface area contributed by atoms with Crippen molar-refractivity contribution in [2.45, 2.75) is 36.4 Å². The Morgan fingerprint density at radius 3 is 2.68 bits per heavy atom. The van der Waals surface area contributed by atoms with Gasteiger partial charge < -0.3 is 9.84 Å². The maximum Gasteiger partial charge on any atom is 0.122 e. The monoisotopic (exact) mass is 375 g/mol. The van der Waals surface area contributed by atoms with Gasteiger partial charge in [-0.2, -0.15) is 5.10 Å². The number of phenolic OH excluding ortho intramolecular Hbond substituents is 1. The summed E-state index contributed by atoms with van der Waals surface area (Å²) in [4.78, 5) is 4.83. The Bertz CT molecular complexity index is 833. The van der Waals surface area contributed by atoms with E-state index in [0.717, 1.165) is 21.2 Å². The van der Waals surface area contributed by atoms with Crippen LogP contribution in [0.15, 0.2) is 58.8 Å². The molecule has 3 aromatic rings. The van der Waals surface area contributed by atoms with E-state index in [9.17, 15) is 5.11 Å². The second-order valence-electron chi connectivity index (χ2n) is 5.73. The first-order valence-corrected chi connectivity index (χ1v) is 8.99. The van der Waals surface area contributed by atoms with Gasteiger partial charge in [-0.1, -0.05) is 23.4 Å². The topological polar surface area (TPSA) is 60.2 Å². The second kappa shape index (κ2) is 7.80. The summed E-state index contributed by atoms with van der Waals surface area (Å²) < 4.78 is 7.77. The average Bonchev–Trinajstić information content (AvgIpc) is 2.96. The van der Waals surface area contributed by atoms with Crippen LogP contribution in [-0.4, -0.2) is 19.9 Å². The molecule has 1 aromatic carbocycles. The highest BCUT2D eigenvalue weighted by atomic mass is 35.5. The fourth-order valence-electron chi connectivity index (χ4n) is 2.28. The van der Waals surface area contributed by atoms with Crippen LogP contribution in [0.1, 0.15) is 25.5 Å². The summed E-state index contributed by atoms with van der Waals surface area (Å²) in [6, 6.07) is 8.84. The van der Waals surface area contributed by atoms with Gasteiger partial charge >= 0.3 is 0 Å². The number of aromatic hydroxyl groups is 1. The molecule has 0 saturated heterocycles. The maximum atomic E-state index is 9.77. The first-order chi connectivity index (χ1) is 12.0. The molecule has 0 aliphatic heterocycles. The molecule has 130 valence electrons. The number of ether oxygens (including phenoxy) is 1. The van der Waals surface area contributed by atoms with E-state index in [1.807, 2.05) is 29.1 Å². The molecular formula is C18H18ClN3O2S. The van der Waals surface area contributed by atoms with E-state index >= 15 is 0 Å². The molecule has 2 heterocycles. The van der Waals surface area contributed by atoms with Crippen LogP contribution < -0.4 is 4.74 Å². The van der Waals surface area contributed by atoms with E-state index in [1.165, 1.54) is 17.8 Å². The Morgan fingerprint density at radius 2 is 2.00 bits per heavy atom. The van der Waals surface area contributed by atoms with Gasteiger partial charge in [-0.05, 0) is 44.2 Å².